The maximum atomic E-state index is 13.9. The molecule has 2 rings (SSSR count). The Morgan fingerprint density at radius 1 is 1.44 bits per heavy atom. The standard InChI is InChI=1S/C11H15F2IO2/c1-2-16-10(15)11(12,13)8-6-3-4-7(5-6)9(8)14/h6-9H,2-5H2,1H3/t6-,7+,8+,9+/m1/s1. The average molecular weight is 344 g/mol. The summed E-state index contributed by atoms with van der Waals surface area (Å²) in [5.74, 6) is -5.08. The number of ether oxygens (including phenoxy) is 1. The Labute approximate surface area is 107 Å². The van der Waals surface area contributed by atoms with Gasteiger partial charge in [0.25, 0.3) is 0 Å². The molecule has 2 saturated carbocycles. The molecule has 0 aromatic carbocycles. The molecule has 2 fully saturated rings. The van der Waals surface area contributed by atoms with Gasteiger partial charge in [-0.2, -0.15) is 8.78 Å². The second-order valence-electron chi connectivity index (χ2n) is 4.65. The number of hydrogen-bond acceptors (Lipinski definition) is 2. The molecule has 0 amide bonds. The van der Waals surface area contributed by atoms with Gasteiger partial charge in [0.05, 0.1) is 6.61 Å². The topological polar surface area (TPSA) is 26.3 Å². The van der Waals surface area contributed by atoms with E-state index in [0.717, 1.165) is 19.3 Å². The lowest BCUT2D eigenvalue weighted by Crippen LogP contribution is -2.45. The summed E-state index contributed by atoms with van der Waals surface area (Å²) in [6.07, 6.45) is 2.73. The summed E-state index contributed by atoms with van der Waals surface area (Å²) in [5, 5.41) is 0. The number of halogens is 3. The first-order valence-electron chi connectivity index (χ1n) is 5.67. The Morgan fingerprint density at radius 2 is 2.06 bits per heavy atom. The lowest BCUT2D eigenvalue weighted by atomic mass is 9.84. The molecular weight excluding hydrogens is 329 g/mol. The van der Waals surface area contributed by atoms with Gasteiger partial charge in [-0.3, -0.25) is 0 Å². The van der Waals surface area contributed by atoms with Crippen LogP contribution in [0.15, 0.2) is 0 Å². The molecule has 2 aliphatic carbocycles. The molecule has 16 heavy (non-hydrogen) atoms. The number of rotatable bonds is 3. The monoisotopic (exact) mass is 344 g/mol. The molecule has 0 aromatic rings. The van der Waals surface area contributed by atoms with Crippen LogP contribution in [-0.4, -0.2) is 22.4 Å². The molecule has 2 aliphatic rings. The van der Waals surface area contributed by atoms with Crippen molar-refractivity contribution in [3.63, 3.8) is 0 Å². The second-order valence-corrected chi connectivity index (χ2v) is 6.09. The lowest BCUT2D eigenvalue weighted by Gasteiger charge is -2.32. The molecule has 0 radical (unpaired) electrons. The summed E-state index contributed by atoms with van der Waals surface area (Å²) in [4.78, 5) is 11.3. The van der Waals surface area contributed by atoms with E-state index in [1.807, 2.05) is 0 Å². The van der Waals surface area contributed by atoms with Gasteiger partial charge in [-0.25, -0.2) is 4.79 Å². The van der Waals surface area contributed by atoms with Crippen LogP contribution in [0.1, 0.15) is 26.2 Å². The van der Waals surface area contributed by atoms with Crippen LogP contribution >= 0.6 is 22.6 Å². The van der Waals surface area contributed by atoms with Crippen LogP contribution in [0.25, 0.3) is 0 Å². The predicted octanol–water partition coefficient (Wildman–Crippen LogP) is 3.03. The molecule has 0 N–H and O–H groups in total. The van der Waals surface area contributed by atoms with Crippen molar-refractivity contribution in [2.24, 2.45) is 17.8 Å². The van der Waals surface area contributed by atoms with E-state index in [4.69, 9.17) is 0 Å². The van der Waals surface area contributed by atoms with Crippen LogP contribution in [0.5, 0.6) is 0 Å². The van der Waals surface area contributed by atoms with Gasteiger partial charge in [-0.1, -0.05) is 22.6 Å². The normalized spacial score (nSPS) is 37.8. The van der Waals surface area contributed by atoms with Crippen molar-refractivity contribution >= 4 is 28.6 Å². The second kappa shape index (κ2) is 4.38. The summed E-state index contributed by atoms with van der Waals surface area (Å²) in [5.41, 5.74) is 0. The van der Waals surface area contributed by atoms with Gasteiger partial charge in [0, 0.05) is 9.84 Å². The van der Waals surface area contributed by atoms with E-state index in [2.05, 4.69) is 27.3 Å². The Morgan fingerprint density at radius 3 is 2.56 bits per heavy atom. The first kappa shape index (κ1) is 12.5. The summed E-state index contributed by atoms with van der Waals surface area (Å²) >= 11 is 2.09. The van der Waals surface area contributed by atoms with E-state index in [-0.39, 0.29) is 16.4 Å². The molecule has 0 heterocycles. The van der Waals surface area contributed by atoms with Crippen LogP contribution < -0.4 is 0 Å². The molecule has 0 aliphatic heterocycles. The Kier molecular flexibility index (Phi) is 3.43. The first-order valence-corrected chi connectivity index (χ1v) is 6.92. The third kappa shape index (κ3) is 1.84. The van der Waals surface area contributed by atoms with Crippen LogP contribution in [-0.2, 0) is 9.53 Å². The fourth-order valence-corrected chi connectivity index (χ4v) is 4.77. The van der Waals surface area contributed by atoms with Gasteiger partial charge in [0.15, 0.2) is 0 Å². The predicted molar refractivity (Wildman–Crippen MR) is 63.7 cm³/mol. The van der Waals surface area contributed by atoms with E-state index >= 15 is 0 Å². The minimum Gasteiger partial charge on any atom is -0.462 e. The number of carbonyl (C=O) groups is 1. The van der Waals surface area contributed by atoms with Crippen molar-refractivity contribution in [1.82, 2.24) is 0 Å². The lowest BCUT2D eigenvalue weighted by molar-refractivity contribution is -0.182. The van der Waals surface area contributed by atoms with Gasteiger partial charge in [-0.05, 0) is 38.0 Å². The van der Waals surface area contributed by atoms with Gasteiger partial charge in [-0.15, -0.1) is 0 Å². The largest absolute Gasteiger partial charge is 0.462 e. The highest BCUT2D eigenvalue weighted by atomic mass is 127. The fraction of sp³-hybridized carbons (Fsp3) is 0.909. The quantitative estimate of drug-likeness (QED) is 0.447. The molecular formula is C11H15F2IO2. The molecule has 2 nitrogen and oxygen atoms in total. The molecule has 0 spiro atoms. The highest BCUT2D eigenvalue weighted by molar-refractivity contribution is 14.1. The number of carbonyl (C=O) groups excluding carboxylic acids is 1. The third-order valence-corrected chi connectivity index (χ3v) is 5.57. The van der Waals surface area contributed by atoms with Crippen molar-refractivity contribution in [1.29, 1.82) is 0 Å². The summed E-state index contributed by atoms with van der Waals surface area (Å²) < 4.78 is 32.3. The minimum atomic E-state index is -3.30. The summed E-state index contributed by atoms with van der Waals surface area (Å²) in [6.45, 7) is 1.57. The molecule has 5 heteroatoms. The van der Waals surface area contributed by atoms with Crippen molar-refractivity contribution < 1.29 is 18.3 Å². The Hall–Kier alpha value is 0.0600. The van der Waals surface area contributed by atoms with Crippen molar-refractivity contribution in [2.45, 2.75) is 36.0 Å². The van der Waals surface area contributed by atoms with E-state index in [1.54, 1.807) is 6.92 Å². The summed E-state index contributed by atoms with van der Waals surface area (Å²) in [6, 6.07) is 0. The number of alkyl halides is 3. The third-order valence-electron chi connectivity index (χ3n) is 3.78. The highest BCUT2D eigenvalue weighted by Gasteiger charge is 2.61. The fourth-order valence-electron chi connectivity index (χ4n) is 3.08. The van der Waals surface area contributed by atoms with Gasteiger partial charge < -0.3 is 4.74 Å². The molecule has 92 valence electrons. The van der Waals surface area contributed by atoms with Crippen LogP contribution in [0.4, 0.5) is 8.78 Å². The van der Waals surface area contributed by atoms with Crippen LogP contribution in [0.2, 0.25) is 0 Å². The van der Waals surface area contributed by atoms with Gasteiger partial charge >= 0.3 is 11.9 Å². The maximum Gasteiger partial charge on any atom is 0.377 e. The van der Waals surface area contributed by atoms with Crippen molar-refractivity contribution in [3.05, 3.63) is 0 Å². The van der Waals surface area contributed by atoms with E-state index in [1.165, 1.54) is 0 Å². The van der Waals surface area contributed by atoms with Crippen LogP contribution in [0, 0.1) is 17.8 Å². The Bertz CT molecular complexity index is 294. The molecule has 4 atom stereocenters. The van der Waals surface area contributed by atoms with Gasteiger partial charge in [0.2, 0.25) is 0 Å². The molecule has 0 unspecified atom stereocenters. The van der Waals surface area contributed by atoms with Gasteiger partial charge in [0.1, 0.15) is 0 Å². The SMILES string of the molecule is CCOC(=O)C(F)(F)[C@H]1[C@@H]2CC[C@@H](C2)[C@@H]1I. The first-order chi connectivity index (χ1) is 7.48. The maximum absolute atomic E-state index is 13.9. The van der Waals surface area contributed by atoms with E-state index in [0.29, 0.717) is 5.92 Å². The minimum absolute atomic E-state index is 0.00584. The molecule has 0 aromatic heterocycles. The van der Waals surface area contributed by atoms with Crippen LogP contribution in [0.3, 0.4) is 0 Å². The van der Waals surface area contributed by atoms with Crippen molar-refractivity contribution in [2.75, 3.05) is 6.61 Å². The number of esters is 1. The van der Waals surface area contributed by atoms with Crippen molar-refractivity contribution in [3.8, 4) is 0 Å². The molecule has 2 bridgehead atoms. The Balaban J connectivity index is 2.14. The number of hydrogen-bond donors (Lipinski definition) is 0. The number of fused-ring (bicyclic) bond motifs is 2. The average Bonchev–Trinajstić information content (AvgIpc) is 2.77. The van der Waals surface area contributed by atoms with E-state index < -0.39 is 17.8 Å². The zero-order valence-electron chi connectivity index (χ0n) is 9.09. The zero-order valence-corrected chi connectivity index (χ0v) is 11.2. The molecule has 0 saturated heterocycles. The highest BCUT2D eigenvalue weighted by Crippen LogP contribution is 2.56. The summed E-state index contributed by atoms with van der Waals surface area (Å²) in [7, 11) is 0. The smallest absolute Gasteiger partial charge is 0.377 e. The zero-order chi connectivity index (χ0) is 11.9. The van der Waals surface area contributed by atoms with E-state index in [9.17, 15) is 13.6 Å².